The molecule has 11 nitrogen and oxygen atoms in total. The lowest BCUT2D eigenvalue weighted by Crippen LogP contribution is -2.50. The van der Waals surface area contributed by atoms with Crippen molar-refractivity contribution in [3.05, 3.63) is 35.4 Å². The smallest absolute Gasteiger partial charge is 0.158 e. The van der Waals surface area contributed by atoms with Crippen LogP contribution in [0.15, 0.2) is 34.6 Å². The van der Waals surface area contributed by atoms with E-state index in [9.17, 15) is 4.55 Å². The van der Waals surface area contributed by atoms with Gasteiger partial charge >= 0.3 is 0 Å². The summed E-state index contributed by atoms with van der Waals surface area (Å²) in [6.45, 7) is 8.20. The third-order valence-corrected chi connectivity index (χ3v) is 9.86. The summed E-state index contributed by atoms with van der Waals surface area (Å²) in [6.07, 6.45) is 6.86. The molecule has 2 atom stereocenters. The molecule has 1 spiro atoms. The maximum absolute atomic E-state index is 13.0. The van der Waals surface area contributed by atoms with Crippen molar-refractivity contribution in [3.63, 3.8) is 0 Å². The SMILES string of the molecule is CC(C)(C)[S@@+]([O-])N[C@@H]1c2cnnn2CC12CCN(c1cnc(Sc3ccnc(N)c3Cl)c(N)n1)CC2. The van der Waals surface area contributed by atoms with Gasteiger partial charge in [-0.25, -0.2) is 19.6 Å². The third kappa shape index (κ3) is 4.70. The van der Waals surface area contributed by atoms with Gasteiger partial charge in [-0.1, -0.05) is 28.6 Å². The Labute approximate surface area is 222 Å². The summed E-state index contributed by atoms with van der Waals surface area (Å²) in [5.74, 6) is 1.32. The molecule has 0 saturated carbocycles. The standard InChI is InChI=1S/C22H29ClN10OS2/c1-21(2,3)36(34)30-17-13-10-28-31-33(13)12-22(17)5-8-32(9-6-22)15-11-27-20(19(25)29-15)35-14-4-7-26-18(24)16(14)23/h4,7,10-11,17,30H,5-6,8-9,12H2,1-3H3,(H2,24,26)(H2,25,29)/t17-,36-/m1/s1. The molecule has 3 aromatic rings. The lowest BCUT2D eigenvalue weighted by Gasteiger charge is -2.43. The average molecular weight is 549 g/mol. The summed E-state index contributed by atoms with van der Waals surface area (Å²) in [4.78, 5) is 16.1. The molecule has 2 aliphatic heterocycles. The van der Waals surface area contributed by atoms with Gasteiger partial charge in [-0.05, 0) is 39.7 Å². The summed E-state index contributed by atoms with van der Waals surface area (Å²) < 4.78 is 18.0. The molecule has 0 radical (unpaired) electrons. The number of nitrogens with zero attached hydrogens (tertiary/aromatic N) is 7. The van der Waals surface area contributed by atoms with E-state index in [0.29, 0.717) is 15.9 Å². The second kappa shape index (κ2) is 9.53. The van der Waals surface area contributed by atoms with Crippen molar-refractivity contribution in [1.29, 1.82) is 0 Å². The number of aromatic nitrogens is 6. The van der Waals surface area contributed by atoms with Gasteiger partial charge in [0.25, 0.3) is 0 Å². The Morgan fingerprint density at radius 2 is 1.94 bits per heavy atom. The predicted molar refractivity (Wildman–Crippen MR) is 142 cm³/mol. The Morgan fingerprint density at radius 3 is 2.64 bits per heavy atom. The van der Waals surface area contributed by atoms with Crippen molar-refractivity contribution in [2.75, 3.05) is 29.5 Å². The molecule has 0 amide bonds. The molecule has 0 aliphatic carbocycles. The van der Waals surface area contributed by atoms with Crippen molar-refractivity contribution in [2.24, 2.45) is 5.41 Å². The molecule has 2 aliphatic rings. The van der Waals surface area contributed by atoms with E-state index >= 15 is 0 Å². The normalized spacial score (nSPS) is 20.0. The number of piperidine rings is 1. The van der Waals surface area contributed by atoms with Crippen molar-refractivity contribution in [1.82, 2.24) is 34.7 Å². The van der Waals surface area contributed by atoms with Crippen molar-refractivity contribution >= 4 is 52.2 Å². The van der Waals surface area contributed by atoms with Crippen LogP contribution in [0.3, 0.4) is 0 Å². The first-order chi connectivity index (χ1) is 17.1. The highest BCUT2D eigenvalue weighted by Crippen LogP contribution is 2.50. The quantitative estimate of drug-likeness (QED) is 0.402. The van der Waals surface area contributed by atoms with E-state index in [4.69, 9.17) is 23.1 Å². The second-order valence-corrected chi connectivity index (χ2v) is 13.5. The predicted octanol–water partition coefficient (Wildman–Crippen LogP) is 2.83. The van der Waals surface area contributed by atoms with Gasteiger partial charge in [-0.2, -0.15) is 0 Å². The third-order valence-electron chi connectivity index (χ3n) is 6.72. The number of fused-ring (bicyclic) bond motifs is 1. The highest BCUT2D eigenvalue weighted by molar-refractivity contribution is 7.99. The lowest BCUT2D eigenvalue weighted by molar-refractivity contribution is 0.159. The number of hydrogen-bond donors (Lipinski definition) is 3. The fraction of sp³-hybridized carbons (Fsp3) is 0.500. The highest BCUT2D eigenvalue weighted by atomic mass is 35.5. The Morgan fingerprint density at radius 1 is 1.19 bits per heavy atom. The van der Waals surface area contributed by atoms with Crippen LogP contribution in [0.1, 0.15) is 45.3 Å². The average Bonchev–Trinajstić information content (AvgIpc) is 3.38. The van der Waals surface area contributed by atoms with Crippen LogP contribution in [0.4, 0.5) is 17.5 Å². The molecule has 1 saturated heterocycles. The Balaban J connectivity index is 1.30. The number of nitrogens with two attached hydrogens (primary N) is 2. The van der Waals surface area contributed by atoms with Crippen LogP contribution in [0.5, 0.6) is 0 Å². The van der Waals surface area contributed by atoms with Crippen LogP contribution in [0, 0.1) is 5.41 Å². The highest BCUT2D eigenvalue weighted by Gasteiger charge is 2.52. The van der Waals surface area contributed by atoms with Gasteiger partial charge in [0.05, 0.1) is 29.7 Å². The van der Waals surface area contributed by atoms with Crippen molar-refractivity contribution in [2.45, 2.75) is 60.9 Å². The van der Waals surface area contributed by atoms with Crippen molar-refractivity contribution in [3.8, 4) is 0 Å². The number of halogens is 1. The van der Waals surface area contributed by atoms with Gasteiger partial charge < -0.3 is 20.9 Å². The molecular weight excluding hydrogens is 520 g/mol. The zero-order valence-corrected chi connectivity index (χ0v) is 22.7. The van der Waals surface area contributed by atoms with E-state index in [2.05, 4.69) is 34.9 Å². The Kier molecular flexibility index (Phi) is 6.70. The number of nitrogen functional groups attached to an aromatic ring is 2. The van der Waals surface area contributed by atoms with E-state index < -0.39 is 11.4 Å². The first-order valence-corrected chi connectivity index (χ1v) is 13.9. The van der Waals surface area contributed by atoms with E-state index in [1.54, 1.807) is 24.7 Å². The van der Waals surface area contributed by atoms with Gasteiger partial charge in [0.2, 0.25) is 0 Å². The molecule has 36 heavy (non-hydrogen) atoms. The molecule has 5 rings (SSSR count). The number of nitrogens with one attached hydrogen (secondary N) is 1. The lowest BCUT2D eigenvalue weighted by atomic mass is 9.74. The van der Waals surface area contributed by atoms with E-state index in [0.717, 1.165) is 48.9 Å². The molecule has 0 bridgehead atoms. The molecule has 14 heteroatoms. The first kappa shape index (κ1) is 25.3. The number of hydrogen-bond acceptors (Lipinski definition) is 11. The Bertz CT molecular complexity index is 1260. The van der Waals surface area contributed by atoms with Crippen LogP contribution in [0.2, 0.25) is 5.02 Å². The summed E-state index contributed by atoms with van der Waals surface area (Å²) in [6, 6.07) is 1.68. The summed E-state index contributed by atoms with van der Waals surface area (Å²) in [7, 11) is 0. The molecular formula is C22H29ClN10OS2. The molecule has 0 unspecified atom stereocenters. The minimum atomic E-state index is -1.21. The van der Waals surface area contributed by atoms with Crippen molar-refractivity contribution < 1.29 is 4.55 Å². The number of pyridine rings is 1. The topological polar surface area (TPSA) is 160 Å². The monoisotopic (exact) mass is 548 g/mol. The molecule has 192 valence electrons. The minimum Gasteiger partial charge on any atom is -0.598 e. The molecule has 5 N–H and O–H groups in total. The van der Waals surface area contributed by atoms with E-state index in [-0.39, 0.29) is 22.0 Å². The zero-order chi connectivity index (χ0) is 25.7. The first-order valence-electron chi connectivity index (χ1n) is 11.6. The second-order valence-electron chi connectivity index (χ2n) is 10.1. The van der Waals surface area contributed by atoms with Gasteiger partial charge in [0.15, 0.2) is 5.82 Å². The maximum atomic E-state index is 13.0. The minimum absolute atomic E-state index is 0.0813. The largest absolute Gasteiger partial charge is 0.598 e. The summed E-state index contributed by atoms with van der Waals surface area (Å²) in [5.41, 5.74) is 13.0. The van der Waals surface area contributed by atoms with Crippen LogP contribution < -0.4 is 21.1 Å². The van der Waals surface area contributed by atoms with Gasteiger partial charge in [0.1, 0.15) is 27.5 Å². The maximum Gasteiger partial charge on any atom is 0.158 e. The van der Waals surface area contributed by atoms with E-state index in [1.165, 1.54) is 11.8 Å². The van der Waals surface area contributed by atoms with Crippen LogP contribution >= 0.6 is 23.4 Å². The van der Waals surface area contributed by atoms with Crippen LogP contribution in [-0.4, -0.2) is 52.3 Å². The van der Waals surface area contributed by atoms with Crippen LogP contribution in [-0.2, 0) is 17.9 Å². The molecule has 3 aromatic heterocycles. The number of anilines is 3. The fourth-order valence-electron chi connectivity index (χ4n) is 4.65. The number of rotatable bonds is 5. The molecule has 5 heterocycles. The van der Waals surface area contributed by atoms with Gasteiger partial charge in [0, 0.05) is 41.0 Å². The fourth-order valence-corrected chi connectivity index (χ4v) is 6.60. The molecule has 0 aromatic carbocycles. The molecule has 1 fully saturated rings. The summed E-state index contributed by atoms with van der Waals surface area (Å²) >= 11 is 6.36. The summed E-state index contributed by atoms with van der Waals surface area (Å²) in [5, 5.41) is 9.26. The van der Waals surface area contributed by atoms with E-state index in [1.807, 2.05) is 25.5 Å². The zero-order valence-electron chi connectivity index (χ0n) is 20.3. The Hall–Kier alpha value is -2.32. The van der Waals surface area contributed by atoms with Gasteiger partial charge in [-0.15, -0.1) is 9.82 Å². The van der Waals surface area contributed by atoms with Gasteiger partial charge in [-0.3, -0.25) is 0 Å². The van der Waals surface area contributed by atoms with Crippen LogP contribution in [0.25, 0.3) is 0 Å².